The fourth-order valence-corrected chi connectivity index (χ4v) is 4.72. The van der Waals surface area contributed by atoms with Crippen LogP contribution < -0.4 is 5.73 Å². The summed E-state index contributed by atoms with van der Waals surface area (Å²) < 4.78 is 23.1. The molecule has 0 spiro atoms. The predicted molar refractivity (Wildman–Crippen MR) is 73.0 cm³/mol. The van der Waals surface area contributed by atoms with Crippen molar-refractivity contribution in [1.82, 2.24) is 4.90 Å². The van der Waals surface area contributed by atoms with E-state index in [4.69, 9.17) is 12.2 Å². The van der Waals surface area contributed by atoms with Crippen molar-refractivity contribution in [1.29, 1.82) is 0 Å². The first-order chi connectivity index (χ1) is 8.88. The van der Waals surface area contributed by atoms with Crippen LogP contribution in [0, 0.1) is 12.3 Å². The van der Waals surface area contributed by atoms with Gasteiger partial charge in [0.05, 0.1) is 23.6 Å². The molecule has 5 nitrogen and oxygen atoms in total. The number of nitrogens with zero attached hydrogens (tertiary/aromatic N) is 1. The molecular formula is C13H20N2O3S. The van der Waals surface area contributed by atoms with Gasteiger partial charge in [-0.25, -0.2) is 8.42 Å². The third-order valence-electron chi connectivity index (χ3n) is 4.09. The highest BCUT2D eigenvalue weighted by Crippen LogP contribution is 2.30. The molecule has 1 atom stereocenters. The lowest BCUT2D eigenvalue weighted by Gasteiger charge is -2.34. The Balaban J connectivity index is 2.17. The Morgan fingerprint density at radius 3 is 2.53 bits per heavy atom. The molecule has 0 aromatic carbocycles. The van der Waals surface area contributed by atoms with Gasteiger partial charge in [-0.1, -0.05) is 18.8 Å². The van der Waals surface area contributed by atoms with Crippen LogP contribution in [0.2, 0.25) is 0 Å². The minimum Gasteiger partial charge on any atom is -0.326 e. The SMILES string of the molecule is C#CCN(C(=O)C1(N)CCCC1)C1CCS(=O)(=O)C1. The van der Waals surface area contributed by atoms with Gasteiger partial charge in [0, 0.05) is 6.04 Å². The van der Waals surface area contributed by atoms with E-state index in [-0.39, 0.29) is 30.0 Å². The zero-order valence-electron chi connectivity index (χ0n) is 11.0. The number of hydrogen-bond donors (Lipinski definition) is 1. The van der Waals surface area contributed by atoms with E-state index in [0.717, 1.165) is 12.8 Å². The lowest BCUT2D eigenvalue weighted by atomic mass is 9.96. The summed E-state index contributed by atoms with van der Waals surface area (Å²) in [5.74, 6) is 2.41. The maximum absolute atomic E-state index is 12.6. The van der Waals surface area contributed by atoms with Gasteiger partial charge in [0.25, 0.3) is 0 Å². The second-order valence-electron chi connectivity index (χ2n) is 5.56. The molecule has 1 heterocycles. The fourth-order valence-electron chi connectivity index (χ4n) is 2.99. The number of carbonyl (C=O) groups is 1. The molecule has 1 aliphatic heterocycles. The van der Waals surface area contributed by atoms with Gasteiger partial charge in [-0.05, 0) is 19.3 Å². The van der Waals surface area contributed by atoms with E-state index in [9.17, 15) is 13.2 Å². The van der Waals surface area contributed by atoms with Crippen LogP contribution in [-0.2, 0) is 14.6 Å². The fraction of sp³-hybridized carbons (Fsp3) is 0.769. The summed E-state index contributed by atoms with van der Waals surface area (Å²) in [6, 6.07) is -0.311. The van der Waals surface area contributed by atoms with Crippen molar-refractivity contribution in [2.75, 3.05) is 18.1 Å². The number of carbonyl (C=O) groups excluding carboxylic acids is 1. The molecular weight excluding hydrogens is 264 g/mol. The summed E-state index contributed by atoms with van der Waals surface area (Å²) in [6.07, 6.45) is 8.97. The van der Waals surface area contributed by atoms with Crippen LogP contribution in [0.1, 0.15) is 32.1 Å². The molecule has 2 N–H and O–H groups in total. The average molecular weight is 284 g/mol. The van der Waals surface area contributed by atoms with Gasteiger partial charge in [0.1, 0.15) is 0 Å². The van der Waals surface area contributed by atoms with Gasteiger partial charge in [-0.15, -0.1) is 6.42 Å². The summed E-state index contributed by atoms with van der Waals surface area (Å²) in [7, 11) is -3.04. The number of nitrogens with two attached hydrogens (primary N) is 1. The highest BCUT2D eigenvalue weighted by atomic mass is 32.2. The van der Waals surface area contributed by atoms with Gasteiger partial charge >= 0.3 is 0 Å². The molecule has 0 radical (unpaired) electrons. The second-order valence-corrected chi connectivity index (χ2v) is 7.79. The van der Waals surface area contributed by atoms with Crippen LogP contribution >= 0.6 is 0 Å². The van der Waals surface area contributed by atoms with Crippen molar-refractivity contribution in [2.24, 2.45) is 5.73 Å². The average Bonchev–Trinajstić information content (AvgIpc) is 2.92. The van der Waals surface area contributed by atoms with E-state index in [1.807, 2.05) is 0 Å². The topological polar surface area (TPSA) is 80.5 Å². The molecule has 106 valence electrons. The van der Waals surface area contributed by atoms with Crippen molar-refractivity contribution < 1.29 is 13.2 Å². The van der Waals surface area contributed by atoms with E-state index in [1.54, 1.807) is 0 Å². The Kier molecular flexibility index (Phi) is 3.88. The maximum atomic E-state index is 12.6. The number of amides is 1. The highest BCUT2D eigenvalue weighted by molar-refractivity contribution is 7.91. The number of rotatable bonds is 3. The lowest BCUT2D eigenvalue weighted by Crippen LogP contribution is -2.56. The Hall–Kier alpha value is -1.06. The molecule has 1 unspecified atom stereocenters. The van der Waals surface area contributed by atoms with Gasteiger partial charge in [0.15, 0.2) is 9.84 Å². The van der Waals surface area contributed by atoms with Crippen LogP contribution in [0.3, 0.4) is 0 Å². The standard InChI is InChI=1S/C13H20N2O3S/c1-2-8-15(11-5-9-19(17,18)10-11)12(16)13(14)6-3-4-7-13/h1,11H,3-10,14H2. The van der Waals surface area contributed by atoms with E-state index in [1.165, 1.54) is 4.90 Å². The van der Waals surface area contributed by atoms with Gasteiger partial charge in [-0.2, -0.15) is 0 Å². The van der Waals surface area contributed by atoms with Crippen LogP contribution in [0.5, 0.6) is 0 Å². The van der Waals surface area contributed by atoms with Gasteiger partial charge in [-0.3, -0.25) is 4.79 Å². The summed E-state index contributed by atoms with van der Waals surface area (Å²) in [6.45, 7) is 0.137. The Labute approximate surface area is 114 Å². The third-order valence-corrected chi connectivity index (χ3v) is 5.84. The highest BCUT2D eigenvalue weighted by Gasteiger charge is 2.43. The third kappa shape index (κ3) is 2.93. The van der Waals surface area contributed by atoms with E-state index in [2.05, 4.69) is 5.92 Å². The van der Waals surface area contributed by atoms with Crippen molar-refractivity contribution in [3.63, 3.8) is 0 Å². The molecule has 19 heavy (non-hydrogen) atoms. The van der Waals surface area contributed by atoms with Crippen molar-refractivity contribution in [3.05, 3.63) is 0 Å². The smallest absolute Gasteiger partial charge is 0.243 e. The molecule has 0 aromatic heterocycles. The molecule has 2 fully saturated rings. The van der Waals surface area contributed by atoms with Crippen LogP contribution in [0.25, 0.3) is 0 Å². The Bertz CT molecular complexity index is 500. The largest absolute Gasteiger partial charge is 0.326 e. The van der Waals surface area contributed by atoms with Crippen LogP contribution in [-0.4, -0.2) is 48.9 Å². The first-order valence-electron chi connectivity index (χ1n) is 6.62. The summed E-state index contributed by atoms with van der Waals surface area (Å²) >= 11 is 0. The molecule has 1 amide bonds. The summed E-state index contributed by atoms with van der Waals surface area (Å²) in [4.78, 5) is 14.1. The molecule has 1 saturated carbocycles. The molecule has 2 rings (SSSR count). The second kappa shape index (κ2) is 5.14. The van der Waals surface area contributed by atoms with Crippen molar-refractivity contribution >= 4 is 15.7 Å². The summed E-state index contributed by atoms with van der Waals surface area (Å²) in [5.41, 5.74) is 5.32. The molecule has 1 saturated heterocycles. The zero-order chi connectivity index (χ0) is 14.1. The minimum absolute atomic E-state index is 0.0104. The number of hydrogen-bond acceptors (Lipinski definition) is 4. The molecule has 6 heteroatoms. The molecule has 2 aliphatic rings. The quantitative estimate of drug-likeness (QED) is 0.734. The number of terminal acetylenes is 1. The van der Waals surface area contributed by atoms with Gasteiger partial charge < -0.3 is 10.6 Å². The maximum Gasteiger partial charge on any atom is 0.243 e. The first-order valence-corrected chi connectivity index (χ1v) is 8.44. The Morgan fingerprint density at radius 2 is 2.05 bits per heavy atom. The van der Waals surface area contributed by atoms with Crippen LogP contribution in [0.15, 0.2) is 0 Å². The van der Waals surface area contributed by atoms with Crippen molar-refractivity contribution in [3.8, 4) is 12.3 Å². The molecule has 0 aromatic rings. The summed E-state index contributed by atoms with van der Waals surface area (Å²) in [5, 5.41) is 0. The van der Waals surface area contributed by atoms with E-state index >= 15 is 0 Å². The Morgan fingerprint density at radius 1 is 1.42 bits per heavy atom. The van der Waals surface area contributed by atoms with E-state index < -0.39 is 15.4 Å². The zero-order valence-corrected chi connectivity index (χ0v) is 11.8. The predicted octanol–water partition coefficient (Wildman–Crippen LogP) is -0.0932. The first kappa shape index (κ1) is 14.4. The van der Waals surface area contributed by atoms with Gasteiger partial charge in [0.2, 0.25) is 5.91 Å². The monoisotopic (exact) mass is 284 g/mol. The number of sulfone groups is 1. The van der Waals surface area contributed by atoms with Crippen LogP contribution in [0.4, 0.5) is 0 Å². The lowest BCUT2D eigenvalue weighted by molar-refractivity contribution is -0.138. The van der Waals surface area contributed by atoms with Crippen molar-refractivity contribution in [2.45, 2.75) is 43.7 Å². The molecule has 1 aliphatic carbocycles. The molecule has 0 bridgehead atoms. The minimum atomic E-state index is -3.04. The normalized spacial score (nSPS) is 27.9. The van der Waals surface area contributed by atoms with E-state index in [0.29, 0.717) is 19.3 Å².